The van der Waals surface area contributed by atoms with E-state index in [0.29, 0.717) is 5.76 Å². The van der Waals surface area contributed by atoms with E-state index in [1.54, 1.807) is 32.2 Å². The molecule has 0 saturated carbocycles. The summed E-state index contributed by atoms with van der Waals surface area (Å²) in [6.07, 6.45) is 4.59. The summed E-state index contributed by atoms with van der Waals surface area (Å²) in [6, 6.07) is 10.2. The van der Waals surface area contributed by atoms with Gasteiger partial charge in [0, 0.05) is 6.08 Å². The number of rotatable bonds is 7. The van der Waals surface area contributed by atoms with Crippen LogP contribution in [0.1, 0.15) is 18.2 Å². The highest BCUT2D eigenvalue weighted by molar-refractivity contribution is 5.95. The van der Waals surface area contributed by atoms with Crippen molar-refractivity contribution in [2.75, 3.05) is 7.11 Å². The number of nitrogens with one attached hydrogen (secondary N) is 2. The number of carbonyl (C=O) groups is 2. The van der Waals surface area contributed by atoms with Gasteiger partial charge in [-0.25, -0.2) is 0 Å². The quantitative estimate of drug-likeness (QED) is 0.763. The predicted octanol–water partition coefficient (Wildman–Crippen LogP) is 2.12. The maximum absolute atomic E-state index is 11.9. The number of hydrogen-bond acceptors (Lipinski definition) is 4. The third-order valence-corrected chi connectivity index (χ3v) is 3.31. The first-order valence-corrected chi connectivity index (χ1v) is 7.51. The Morgan fingerprint density at radius 3 is 2.62 bits per heavy atom. The average molecular weight is 328 g/mol. The van der Waals surface area contributed by atoms with Crippen molar-refractivity contribution < 1.29 is 18.7 Å². The summed E-state index contributed by atoms with van der Waals surface area (Å²) in [5, 5.41) is 5.30. The second-order valence-corrected chi connectivity index (χ2v) is 5.13. The van der Waals surface area contributed by atoms with Gasteiger partial charge in [0.15, 0.2) is 0 Å². The lowest BCUT2D eigenvalue weighted by Crippen LogP contribution is -2.44. The van der Waals surface area contributed by atoms with Crippen LogP contribution in [0.15, 0.2) is 53.2 Å². The zero-order valence-electron chi connectivity index (χ0n) is 13.6. The van der Waals surface area contributed by atoms with Crippen LogP contribution in [0.2, 0.25) is 0 Å². The number of amides is 2. The van der Waals surface area contributed by atoms with Crippen molar-refractivity contribution >= 4 is 17.9 Å². The van der Waals surface area contributed by atoms with Crippen molar-refractivity contribution in [2.24, 2.45) is 0 Å². The van der Waals surface area contributed by atoms with E-state index in [-0.39, 0.29) is 18.4 Å². The largest absolute Gasteiger partial charge is 0.497 e. The van der Waals surface area contributed by atoms with Gasteiger partial charge in [-0.05, 0) is 42.8 Å². The SMILES string of the molecule is COc1ccc(/C=C/C(=O)NC(C)C(=O)NCc2ccco2)cc1. The Labute approximate surface area is 140 Å². The molecule has 6 nitrogen and oxygen atoms in total. The second-order valence-electron chi connectivity index (χ2n) is 5.13. The highest BCUT2D eigenvalue weighted by atomic mass is 16.5. The Balaban J connectivity index is 1.79. The molecule has 0 spiro atoms. The molecular formula is C18H20N2O4. The molecule has 2 amide bonds. The van der Waals surface area contributed by atoms with Crippen LogP contribution in [-0.2, 0) is 16.1 Å². The summed E-state index contributed by atoms with van der Waals surface area (Å²) in [6.45, 7) is 1.91. The maximum atomic E-state index is 11.9. The monoisotopic (exact) mass is 328 g/mol. The minimum absolute atomic E-state index is 0.280. The van der Waals surface area contributed by atoms with Crippen molar-refractivity contribution in [3.8, 4) is 5.75 Å². The Morgan fingerprint density at radius 1 is 1.25 bits per heavy atom. The molecule has 2 N–H and O–H groups in total. The molecular weight excluding hydrogens is 308 g/mol. The molecule has 1 atom stereocenters. The molecule has 0 aliphatic heterocycles. The predicted molar refractivity (Wildman–Crippen MR) is 90.2 cm³/mol. The van der Waals surface area contributed by atoms with Crippen molar-refractivity contribution in [1.29, 1.82) is 0 Å². The lowest BCUT2D eigenvalue weighted by Gasteiger charge is -2.12. The van der Waals surface area contributed by atoms with Crippen LogP contribution in [-0.4, -0.2) is 25.0 Å². The number of furan rings is 1. The number of ether oxygens (including phenoxy) is 1. The fourth-order valence-corrected chi connectivity index (χ4v) is 1.95. The molecule has 0 aliphatic rings. The molecule has 0 saturated heterocycles. The fraction of sp³-hybridized carbons (Fsp3) is 0.222. The number of benzene rings is 1. The molecule has 6 heteroatoms. The topological polar surface area (TPSA) is 80.6 Å². The Bertz CT molecular complexity index is 690. The van der Waals surface area contributed by atoms with E-state index < -0.39 is 6.04 Å². The van der Waals surface area contributed by atoms with E-state index in [0.717, 1.165) is 11.3 Å². The van der Waals surface area contributed by atoms with Gasteiger partial charge in [-0.1, -0.05) is 12.1 Å². The molecule has 24 heavy (non-hydrogen) atoms. The van der Waals surface area contributed by atoms with Gasteiger partial charge in [0.05, 0.1) is 19.9 Å². The van der Waals surface area contributed by atoms with E-state index in [9.17, 15) is 9.59 Å². The molecule has 0 aliphatic carbocycles. The Hall–Kier alpha value is -3.02. The summed E-state index contributed by atoms with van der Waals surface area (Å²) < 4.78 is 10.2. The smallest absolute Gasteiger partial charge is 0.244 e. The molecule has 1 aromatic heterocycles. The molecule has 0 bridgehead atoms. The average Bonchev–Trinajstić information content (AvgIpc) is 3.11. The normalized spacial score (nSPS) is 11.9. The van der Waals surface area contributed by atoms with Gasteiger partial charge in [-0.2, -0.15) is 0 Å². The summed E-state index contributed by atoms with van der Waals surface area (Å²) in [7, 11) is 1.59. The van der Waals surface area contributed by atoms with E-state index in [1.807, 2.05) is 24.3 Å². The Kier molecular flexibility index (Phi) is 6.19. The van der Waals surface area contributed by atoms with Crippen LogP contribution in [0.25, 0.3) is 6.08 Å². The number of hydrogen-bond donors (Lipinski definition) is 2. The molecule has 0 fully saturated rings. The van der Waals surface area contributed by atoms with Crippen LogP contribution in [0, 0.1) is 0 Å². The van der Waals surface area contributed by atoms with Crippen molar-refractivity contribution in [3.05, 3.63) is 60.1 Å². The fourth-order valence-electron chi connectivity index (χ4n) is 1.95. The third kappa shape index (κ3) is 5.31. The number of methoxy groups -OCH3 is 1. The maximum Gasteiger partial charge on any atom is 0.244 e. The molecule has 126 valence electrons. The van der Waals surface area contributed by atoms with Crippen LogP contribution >= 0.6 is 0 Å². The van der Waals surface area contributed by atoms with Gasteiger partial charge in [-0.15, -0.1) is 0 Å². The lowest BCUT2D eigenvalue weighted by atomic mass is 10.2. The molecule has 2 rings (SSSR count). The second kappa shape index (κ2) is 8.57. The first kappa shape index (κ1) is 17.3. The van der Waals surface area contributed by atoms with E-state index in [2.05, 4.69) is 10.6 Å². The summed E-state index contributed by atoms with van der Waals surface area (Å²) in [5.74, 6) is 0.781. The van der Waals surface area contributed by atoms with Gasteiger partial charge in [-0.3, -0.25) is 9.59 Å². The standard InChI is InChI=1S/C18H20N2O4/c1-13(18(22)19-12-16-4-3-11-24-16)20-17(21)10-7-14-5-8-15(23-2)9-6-14/h3-11,13H,12H2,1-2H3,(H,19,22)(H,20,21)/b10-7+. The zero-order valence-corrected chi connectivity index (χ0v) is 13.6. The third-order valence-electron chi connectivity index (χ3n) is 3.31. The van der Waals surface area contributed by atoms with Gasteiger partial charge in [0.2, 0.25) is 11.8 Å². The van der Waals surface area contributed by atoms with Crippen LogP contribution in [0.5, 0.6) is 5.75 Å². The highest BCUT2D eigenvalue weighted by Gasteiger charge is 2.14. The summed E-state index contributed by atoms with van der Waals surface area (Å²) >= 11 is 0. The summed E-state index contributed by atoms with van der Waals surface area (Å²) in [5.41, 5.74) is 0.862. The van der Waals surface area contributed by atoms with Crippen molar-refractivity contribution in [3.63, 3.8) is 0 Å². The number of carbonyl (C=O) groups excluding carboxylic acids is 2. The summed E-state index contributed by atoms with van der Waals surface area (Å²) in [4.78, 5) is 23.8. The first-order chi connectivity index (χ1) is 11.6. The van der Waals surface area contributed by atoms with Gasteiger partial charge in [0.1, 0.15) is 17.6 Å². The first-order valence-electron chi connectivity index (χ1n) is 7.51. The van der Waals surface area contributed by atoms with Gasteiger partial charge >= 0.3 is 0 Å². The van der Waals surface area contributed by atoms with Crippen molar-refractivity contribution in [2.45, 2.75) is 19.5 Å². The molecule has 1 aromatic carbocycles. The molecule has 1 unspecified atom stereocenters. The van der Waals surface area contributed by atoms with Gasteiger partial charge in [0.25, 0.3) is 0 Å². The minimum atomic E-state index is -0.645. The molecule has 2 aromatic rings. The van der Waals surface area contributed by atoms with Crippen molar-refractivity contribution in [1.82, 2.24) is 10.6 Å². The molecule has 1 heterocycles. The van der Waals surface area contributed by atoms with Gasteiger partial charge < -0.3 is 19.8 Å². The minimum Gasteiger partial charge on any atom is -0.497 e. The van der Waals surface area contributed by atoms with E-state index >= 15 is 0 Å². The zero-order chi connectivity index (χ0) is 17.4. The lowest BCUT2D eigenvalue weighted by molar-refractivity contribution is -0.126. The van der Waals surface area contributed by atoms with E-state index in [4.69, 9.17) is 9.15 Å². The molecule has 0 radical (unpaired) electrons. The Morgan fingerprint density at radius 2 is 2.00 bits per heavy atom. The van der Waals surface area contributed by atoms with Crippen LogP contribution in [0.3, 0.4) is 0 Å². The van der Waals surface area contributed by atoms with E-state index in [1.165, 1.54) is 12.3 Å². The van der Waals surface area contributed by atoms with Crippen LogP contribution < -0.4 is 15.4 Å². The van der Waals surface area contributed by atoms with Crippen LogP contribution in [0.4, 0.5) is 0 Å². The highest BCUT2D eigenvalue weighted by Crippen LogP contribution is 2.12.